The van der Waals surface area contributed by atoms with Crippen LogP contribution >= 0.6 is 0 Å². The number of methoxy groups -OCH3 is 3. The predicted octanol–water partition coefficient (Wildman–Crippen LogP) is 3.55. The Balaban J connectivity index is 1.87. The molecule has 2 amide bonds. The molecule has 4 rings (SSSR count). The molecular weight excluding hydrogens is 526 g/mol. The zero-order valence-electron chi connectivity index (χ0n) is 24.8. The molecule has 2 aromatic carbocycles. The lowest BCUT2D eigenvalue weighted by Gasteiger charge is -2.31. The lowest BCUT2D eigenvalue weighted by molar-refractivity contribution is -0.136. The Morgan fingerprint density at radius 2 is 1.76 bits per heavy atom. The fourth-order valence-electron chi connectivity index (χ4n) is 5.71. The van der Waals surface area contributed by atoms with Crippen molar-refractivity contribution in [2.24, 2.45) is 5.92 Å². The first kappa shape index (κ1) is 30.2. The molecule has 41 heavy (non-hydrogen) atoms. The third kappa shape index (κ3) is 6.59. The third-order valence-corrected chi connectivity index (χ3v) is 7.57. The van der Waals surface area contributed by atoms with Gasteiger partial charge in [-0.3, -0.25) is 14.4 Å². The summed E-state index contributed by atoms with van der Waals surface area (Å²) in [6.45, 7) is 7.62. The van der Waals surface area contributed by atoms with Crippen LogP contribution in [0.25, 0.3) is 11.1 Å². The summed E-state index contributed by atoms with van der Waals surface area (Å²) in [6.07, 6.45) is 1.74. The van der Waals surface area contributed by atoms with Crippen LogP contribution in [0.3, 0.4) is 0 Å². The molecule has 10 heteroatoms. The first-order valence-electron chi connectivity index (χ1n) is 14.1. The molecule has 0 bridgehead atoms. The molecule has 2 aliphatic rings. The van der Waals surface area contributed by atoms with Gasteiger partial charge in [0, 0.05) is 25.6 Å². The number of anilines is 1. The zero-order chi connectivity index (χ0) is 29.7. The van der Waals surface area contributed by atoms with Crippen LogP contribution in [0.2, 0.25) is 0 Å². The van der Waals surface area contributed by atoms with Gasteiger partial charge in [0.05, 0.1) is 46.3 Å². The van der Waals surface area contributed by atoms with E-state index < -0.39 is 12.1 Å². The second kappa shape index (κ2) is 13.2. The van der Waals surface area contributed by atoms with Gasteiger partial charge in [0.15, 0.2) is 11.5 Å². The number of hydrogen-bond donors (Lipinski definition) is 2. The molecule has 2 atom stereocenters. The van der Waals surface area contributed by atoms with Crippen molar-refractivity contribution in [2.75, 3.05) is 52.9 Å². The van der Waals surface area contributed by atoms with E-state index >= 15 is 0 Å². The van der Waals surface area contributed by atoms with Gasteiger partial charge in [-0.15, -0.1) is 0 Å². The van der Waals surface area contributed by atoms with Crippen LogP contribution < -0.4 is 30.3 Å². The number of amides is 2. The molecule has 1 fully saturated rings. The van der Waals surface area contributed by atoms with E-state index in [4.69, 9.17) is 18.9 Å². The van der Waals surface area contributed by atoms with E-state index in [0.717, 1.165) is 16.7 Å². The minimum atomic E-state index is -0.569. The molecular formula is C31H41N3O7. The summed E-state index contributed by atoms with van der Waals surface area (Å²) >= 11 is 0. The molecule has 10 nitrogen and oxygen atoms in total. The fraction of sp³-hybridized carbons (Fsp3) is 0.516. The van der Waals surface area contributed by atoms with Gasteiger partial charge < -0.3 is 34.5 Å². The Kier molecular flexibility index (Phi) is 9.75. The summed E-state index contributed by atoms with van der Waals surface area (Å²) in [5, 5.41) is 6.30. The highest BCUT2D eigenvalue weighted by molar-refractivity contribution is 5.86. The van der Waals surface area contributed by atoms with E-state index in [2.05, 4.69) is 24.5 Å². The summed E-state index contributed by atoms with van der Waals surface area (Å²) in [5.74, 6) is 1.45. The van der Waals surface area contributed by atoms with E-state index in [9.17, 15) is 14.4 Å². The quantitative estimate of drug-likeness (QED) is 0.473. The number of benzene rings is 1. The number of carbonyl (C=O) groups is 2. The SMILES string of the molecule is COc1cc2c(c(OC)c1OC)-c1ccc(N[C@@H](CC(C)C)C(=O)N3CCOCC3)c(=O)cc1[C@H](NC(C)=O)CC2. The van der Waals surface area contributed by atoms with Crippen molar-refractivity contribution in [1.29, 1.82) is 0 Å². The number of fused-ring (bicyclic) bond motifs is 3. The van der Waals surface area contributed by atoms with Crippen LogP contribution in [-0.2, 0) is 20.7 Å². The van der Waals surface area contributed by atoms with Crippen LogP contribution in [0.15, 0.2) is 29.1 Å². The molecule has 0 unspecified atom stereocenters. The number of hydrogen-bond acceptors (Lipinski definition) is 8. The first-order chi connectivity index (χ1) is 19.7. The second-order valence-corrected chi connectivity index (χ2v) is 10.9. The van der Waals surface area contributed by atoms with E-state index in [1.807, 2.05) is 12.1 Å². The fourth-order valence-corrected chi connectivity index (χ4v) is 5.71. The van der Waals surface area contributed by atoms with E-state index in [-0.39, 0.29) is 23.2 Å². The van der Waals surface area contributed by atoms with Crippen molar-refractivity contribution in [3.63, 3.8) is 0 Å². The van der Waals surface area contributed by atoms with Crippen molar-refractivity contribution in [1.82, 2.24) is 10.2 Å². The maximum absolute atomic E-state index is 13.7. The Labute approximate surface area is 241 Å². The highest BCUT2D eigenvalue weighted by Crippen LogP contribution is 2.50. The van der Waals surface area contributed by atoms with E-state index in [0.29, 0.717) is 74.1 Å². The van der Waals surface area contributed by atoms with E-state index in [1.165, 1.54) is 6.92 Å². The van der Waals surface area contributed by atoms with Crippen LogP contribution in [0.5, 0.6) is 17.2 Å². The summed E-state index contributed by atoms with van der Waals surface area (Å²) in [6, 6.07) is 6.08. The minimum absolute atomic E-state index is 0.0468. The number of nitrogens with zero attached hydrogens (tertiary/aromatic N) is 1. The van der Waals surface area contributed by atoms with Gasteiger partial charge in [0.1, 0.15) is 6.04 Å². The predicted molar refractivity (Wildman–Crippen MR) is 157 cm³/mol. The van der Waals surface area contributed by atoms with Crippen molar-refractivity contribution in [3.8, 4) is 28.4 Å². The number of ether oxygens (including phenoxy) is 4. The van der Waals surface area contributed by atoms with Gasteiger partial charge in [-0.2, -0.15) is 0 Å². The maximum Gasteiger partial charge on any atom is 0.245 e. The van der Waals surface area contributed by atoms with Crippen LogP contribution in [0, 0.1) is 5.92 Å². The molecule has 0 radical (unpaired) electrons. The number of nitrogens with one attached hydrogen (secondary N) is 2. The van der Waals surface area contributed by atoms with Crippen LogP contribution in [-0.4, -0.2) is 70.4 Å². The highest BCUT2D eigenvalue weighted by atomic mass is 16.5. The maximum atomic E-state index is 13.7. The first-order valence-corrected chi connectivity index (χ1v) is 14.1. The standard InChI is InChI=1S/C31H41N3O7/c1-18(2)15-25(31(37)34-11-13-41-14-12-34)33-24-10-8-21-22(17-26(24)36)23(32-19(3)35)9-7-20-16-27(38-4)29(39-5)30(40-6)28(20)21/h8,10,16-18,23,25H,7,9,11-15H2,1-6H3,(H,32,35)(H,33,36)/t23-,25+/m1/s1. The lowest BCUT2D eigenvalue weighted by Crippen LogP contribution is -2.48. The smallest absolute Gasteiger partial charge is 0.245 e. The number of carbonyl (C=O) groups excluding carboxylic acids is 2. The van der Waals surface area contributed by atoms with Gasteiger partial charge in [-0.05, 0) is 60.1 Å². The monoisotopic (exact) mass is 567 g/mol. The highest BCUT2D eigenvalue weighted by Gasteiger charge is 2.31. The number of aryl methyl sites for hydroxylation is 1. The molecule has 0 aromatic heterocycles. The second-order valence-electron chi connectivity index (χ2n) is 10.9. The van der Waals surface area contributed by atoms with Crippen molar-refractivity contribution >= 4 is 17.5 Å². The Hall–Kier alpha value is -3.79. The van der Waals surface area contributed by atoms with Crippen LogP contribution in [0.1, 0.15) is 50.8 Å². The summed E-state index contributed by atoms with van der Waals surface area (Å²) < 4.78 is 22.5. The van der Waals surface area contributed by atoms with E-state index in [1.54, 1.807) is 38.4 Å². The summed E-state index contributed by atoms with van der Waals surface area (Å²) in [7, 11) is 4.69. The molecule has 222 valence electrons. The molecule has 2 N–H and O–H groups in total. The van der Waals surface area contributed by atoms with Gasteiger partial charge >= 0.3 is 0 Å². The summed E-state index contributed by atoms with van der Waals surface area (Å²) in [5.41, 5.74) is 3.17. The third-order valence-electron chi connectivity index (χ3n) is 7.57. The molecule has 0 spiro atoms. The number of rotatable bonds is 9. The molecule has 1 heterocycles. The molecule has 1 aliphatic carbocycles. The molecule has 1 aliphatic heterocycles. The minimum Gasteiger partial charge on any atom is -0.493 e. The Morgan fingerprint density at radius 3 is 2.37 bits per heavy atom. The van der Waals surface area contributed by atoms with Gasteiger partial charge in [0.2, 0.25) is 23.0 Å². The van der Waals surface area contributed by atoms with Crippen molar-refractivity contribution in [2.45, 2.75) is 52.1 Å². The average Bonchev–Trinajstić information content (AvgIpc) is 3.20. The Morgan fingerprint density at radius 1 is 1.05 bits per heavy atom. The van der Waals surface area contributed by atoms with Crippen molar-refractivity contribution < 1.29 is 28.5 Å². The normalized spacial score (nSPS) is 17.0. The molecule has 2 aromatic rings. The van der Waals surface area contributed by atoms with Gasteiger partial charge in [-0.1, -0.05) is 19.9 Å². The average molecular weight is 568 g/mol. The zero-order valence-corrected chi connectivity index (χ0v) is 24.8. The van der Waals surface area contributed by atoms with Crippen LogP contribution in [0.4, 0.5) is 5.69 Å². The Bertz CT molecular complexity index is 1340. The van der Waals surface area contributed by atoms with Crippen molar-refractivity contribution in [3.05, 3.63) is 45.6 Å². The van der Waals surface area contributed by atoms with Gasteiger partial charge in [-0.25, -0.2) is 0 Å². The largest absolute Gasteiger partial charge is 0.493 e. The molecule has 0 saturated carbocycles. The van der Waals surface area contributed by atoms with Gasteiger partial charge in [0.25, 0.3) is 0 Å². The summed E-state index contributed by atoms with van der Waals surface area (Å²) in [4.78, 5) is 41.3. The topological polar surface area (TPSA) is 115 Å². The number of morpholine rings is 1. The molecule has 1 saturated heterocycles. The lowest BCUT2D eigenvalue weighted by atomic mass is 9.95.